The Morgan fingerprint density at radius 3 is 2.31 bits per heavy atom. The number of ether oxygens (including phenoxy) is 1. The van der Waals surface area contributed by atoms with E-state index in [2.05, 4.69) is 5.32 Å². The second-order valence-electron chi connectivity index (χ2n) is 5.20. The fraction of sp³-hybridized carbons (Fsp3) is 0.0588. The molecule has 1 aliphatic heterocycles. The van der Waals surface area contributed by atoms with Gasteiger partial charge in [0, 0.05) is 5.02 Å². The lowest BCUT2D eigenvalue weighted by Crippen LogP contribution is -2.32. The predicted molar refractivity (Wildman–Crippen MR) is 103 cm³/mol. The van der Waals surface area contributed by atoms with Crippen LogP contribution in [0.1, 0.15) is 0 Å². The highest BCUT2D eigenvalue weighted by molar-refractivity contribution is 6.53. The quantitative estimate of drug-likeness (QED) is 0.684. The third-order valence-corrected chi connectivity index (χ3v) is 4.93. The molecule has 1 N–H and O–H groups in total. The first-order chi connectivity index (χ1) is 12.3. The first kappa shape index (κ1) is 18.9. The Morgan fingerprint density at radius 2 is 1.65 bits per heavy atom. The third-order valence-electron chi connectivity index (χ3n) is 3.61. The molecule has 0 bridgehead atoms. The number of imide groups is 1. The monoisotopic (exact) mass is 430 g/mol. The summed E-state index contributed by atoms with van der Waals surface area (Å²) < 4.78 is 5.22. The molecule has 1 aliphatic rings. The van der Waals surface area contributed by atoms with E-state index in [1.807, 2.05) is 0 Å². The summed E-state index contributed by atoms with van der Waals surface area (Å²) in [7, 11) is 1.47. The van der Waals surface area contributed by atoms with Crippen molar-refractivity contribution < 1.29 is 14.3 Å². The van der Waals surface area contributed by atoms with Crippen LogP contribution in [0.15, 0.2) is 47.1 Å². The van der Waals surface area contributed by atoms with Crippen molar-refractivity contribution in [2.75, 3.05) is 17.3 Å². The first-order valence-corrected chi connectivity index (χ1v) is 8.69. The van der Waals surface area contributed by atoms with E-state index >= 15 is 0 Å². The molecule has 0 saturated carbocycles. The number of hydrogen-bond acceptors (Lipinski definition) is 4. The van der Waals surface area contributed by atoms with Gasteiger partial charge < -0.3 is 10.1 Å². The maximum Gasteiger partial charge on any atom is 0.283 e. The summed E-state index contributed by atoms with van der Waals surface area (Å²) in [6.45, 7) is 0. The molecule has 0 unspecified atom stereocenters. The molecule has 0 atom stereocenters. The van der Waals surface area contributed by atoms with Crippen molar-refractivity contribution >= 4 is 69.6 Å². The Kier molecular flexibility index (Phi) is 5.34. The summed E-state index contributed by atoms with van der Waals surface area (Å²) in [5, 5.41) is 3.49. The van der Waals surface area contributed by atoms with E-state index in [9.17, 15) is 9.59 Å². The molecule has 0 saturated heterocycles. The number of carbonyl (C=O) groups is 2. The second-order valence-corrected chi connectivity index (χ2v) is 6.83. The molecule has 134 valence electrons. The van der Waals surface area contributed by atoms with Gasteiger partial charge in [0.15, 0.2) is 0 Å². The van der Waals surface area contributed by atoms with Crippen molar-refractivity contribution in [2.45, 2.75) is 0 Å². The number of halogens is 4. The molecule has 2 amide bonds. The number of amides is 2. The molecule has 0 aromatic heterocycles. The highest BCUT2D eigenvalue weighted by Gasteiger charge is 2.39. The number of rotatable bonds is 4. The molecule has 0 radical (unpaired) electrons. The zero-order valence-electron chi connectivity index (χ0n) is 13.1. The van der Waals surface area contributed by atoms with E-state index < -0.39 is 11.8 Å². The van der Waals surface area contributed by atoms with Gasteiger partial charge in [-0.25, -0.2) is 4.90 Å². The van der Waals surface area contributed by atoms with E-state index in [4.69, 9.17) is 51.1 Å². The van der Waals surface area contributed by atoms with E-state index in [1.54, 1.807) is 18.2 Å². The molecule has 0 aliphatic carbocycles. The summed E-state index contributed by atoms with van der Waals surface area (Å²) in [5.41, 5.74) is 0.552. The van der Waals surface area contributed by atoms with Crippen molar-refractivity contribution in [2.24, 2.45) is 0 Å². The summed E-state index contributed by atoms with van der Waals surface area (Å²) in [4.78, 5) is 26.1. The van der Waals surface area contributed by atoms with E-state index in [-0.39, 0.29) is 21.4 Å². The van der Waals surface area contributed by atoms with Crippen molar-refractivity contribution in [1.82, 2.24) is 0 Å². The summed E-state index contributed by atoms with van der Waals surface area (Å²) in [6.07, 6.45) is 0. The minimum atomic E-state index is -0.682. The number of carbonyl (C=O) groups excluding carboxylic acids is 2. The molecule has 5 nitrogen and oxygen atoms in total. The van der Waals surface area contributed by atoms with Crippen molar-refractivity contribution in [1.29, 1.82) is 0 Å². The Bertz CT molecular complexity index is 959. The molecule has 0 fully saturated rings. The summed E-state index contributed by atoms with van der Waals surface area (Å²) in [6, 6.07) is 9.20. The highest BCUT2D eigenvalue weighted by Crippen LogP contribution is 2.35. The van der Waals surface area contributed by atoms with E-state index in [0.29, 0.717) is 21.5 Å². The fourth-order valence-corrected chi connectivity index (χ4v) is 3.06. The SMILES string of the molecule is COc1ccc(Cl)cc1NC1=C(Cl)C(=O)N(c2ccc(Cl)c(Cl)c2)C1=O. The van der Waals surface area contributed by atoms with Gasteiger partial charge in [0.25, 0.3) is 11.8 Å². The highest BCUT2D eigenvalue weighted by atomic mass is 35.5. The smallest absolute Gasteiger partial charge is 0.283 e. The van der Waals surface area contributed by atoms with Gasteiger partial charge in [-0.2, -0.15) is 0 Å². The maximum absolute atomic E-state index is 12.8. The number of nitrogens with one attached hydrogen (secondary N) is 1. The van der Waals surface area contributed by atoms with Crippen LogP contribution in [0.4, 0.5) is 11.4 Å². The van der Waals surface area contributed by atoms with Gasteiger partial charge in [-0.05, 0) is 36.4 Å². The first-order valence-electron chi connectivity index (χ1n) is 7.17. The Balaban J connectivity index is 1.97. The van der Waals surface area contributed by atoms with Crippen LogP contribution in [-0.4, -0.2) is 18.9 Å². The van der Waals surface area contributed by atoms with Gasteiger partial charge in [-0.15, -0.1) is 0 Å². The number of benzene rings is 2. The van der Waals surface area contributed by atoms with Crippen molar-refractivity contribution in [3.63, 3.8) is 0 Å². The van der Waals surface area contributed by atoms with Crippen LogP contribution in [0.5, 0.6) is 5.75 Å². The van der Waals surface area contributed by atoms with Crippen LogP contribution >= 0.6 is 46.4 Å². The van der Waals surface area contributed by atoms with Crippen molar-refractivity contribution in [3.05, 3.63) is 62.2 Å². The van der Waals surface area contributed by atoms with Gasteiger partial charge in [0.1, 0.15) is 16.5 Å². The van der Waals surface area contributed by atoms with Gasteiger partial charge in [-0.1, -0.05) is 46.4 Å². The zero-order chi connectivity index (χ0) is 19.0. The zero-order valence-corrected chi connectivity index (χ0v) is 16.2. The summed E-state index contributed by atoms with van der Waals surface area (Å²) in [5.74, 6) is -0.890. The van der Waals surface area contributed by atoms with Crippen LogP contribution in [0, 0.1) is 0 Å². The molecule has 0 spiro atoms. The van der Waals surface area contributed by atoms with Crippen molar-refractivity contribution in [3.8, 4) is 5.75 Å². The van der Waals surface area contributed by atoms with Crippen LogP contribution in [0.3, 0.4) is 0 Å². The Morgan fingerprint density at radius 1 is 0.923 bits per heavy atom. The fourth-order valence-electron chi connectivity index (χ4n) is 2.38. The average molecular weight is 432 g/mol. The topological polar surface area (TPSA) is 58.6 Å². The molecule has 9 heteroatoms. The van der Waals surface area contributed by atoms with Gasteiger partial charge in [0.2, 0.25) is 0 Å². The maximum atomic E-state index is 12.8. The van der Waals surface area contributed by atoms with Crippen LogP contribution in [0.2, 0.25) is 15.1 Å². The largest absolute Gasteiger partial charge is 0.495 e. The lowest BCUT2D eigenvalue weighted by molar-refractivity contribution is -0.120. The normalized spacial score (nSPS) is 14.3. The van der Waals surface area contributed by atoms with Gasteiger partial charge in [-0.3, -0.25) is 9.59 Å². The standard InChI is InChI=1S/C17H10Cl4N2O3/c1-26-13-5-2-8(18)6-12(13)22-15-14(21)16(24)23(17(15)25)9-3-4-10(19)11(20)7-9/h2-7,22H,1H3. The number of hydrogen-bond donors (Lipinski definition) is 1. The van der Waals surface area contributed by atoms with Gasteiger partial charge in [0.05, 0.1) is 28.5 Å². The van der Waals surface area contributed by atoms with Gasteiger partial charge >= 0.3 is 0 Å². The molecular weight excluding hydrogens is 422 g/mol. The molecule has 2 aromatic rings. The third kappa shape index (κ3) is 3.35. The van der Waals surface area contributed by atoms with E-state index in [1.165, 1.54) is 25.3 Å². The lowest BCUT2D eigenvalue weighted by atomic mass is 10.2. The Hall–Kier alpha value is -1.92. The lowest BCUT2D eigenvalue weighted by Gasteiger charge is -2.16. The van der Waals surface area contributed by atoms with E-state index in [0.717, 1.165) is 4.90 Å². The van der Waals surface area contributed by atoms with Crippen LogP contribution in [0.25, 0.3) is 0 Å². The van der Waals surface area contributed by atoms with Crippen LogP contribution < -0.4 is 15.0 Å². The van der Waals surface area contributed by atoms with Crippen LogP contribution in [-0.2, 0) is 9.59 Å². The number of anilines is 2. The number of methoxy groups -OCH3 is 1. The molecule has 2 aromatic carbocycles. The molecule has 1 heterocycles. The predicted octanol–water partition coefficient (Wildman–Crippen LogP) is 5.09. The minimum Gasteiger partial charge on any atom is -0.495 e. The molecular formula is C17H10Cl4N2O3. The average Bonchev–Trinajstić information content (AvgIpc) is 2.81. The minimum absolute atomic E-state index is 0.0942. The summed E-state index contributed by atoms with van der Waals surface area (Å²) >= 11 is 23.9. The molecule has 3 rings (SSSR count). The second kappa shape index (κ2) is 7.37. The Labute approximate surface area is 169 Å². The molecule has 26 heavy (non-hydrogen) atoms. The number of nitrogens with zero attached hydrogens (tertiary/aromatic N) is 1.